The van der Waals surface area contributed by atoms with Gasteiger partial charge in [-0.2, -0.15) is 0 Å². The number of amides is 1. The lowest BCUT2D eigenvalue weighted by Crippen LogP contribution is -2.30. The van der Waals surface area contributed by atoms with E-state index in [1.807, 2.05) is 34.9 Å². The normalized spacial score (nSPS) is 12.5. The minimum atomic E-state index is -0.0552. The molecule has 1 atom stereocenters. The zero-order chi connectivity index (χ0) is 18.5. The van der Waals surface area contributed by atoms with E-state index in [0.717, 1.165) is 24.2 Å². The summed E-state index contributed by atoms with van der Waals surface area (Å²) in [5.41, 5.74) is 3.71. The van der Waals surface area contributed by atoms with Gasteiger partial charge in [0.25, 0.3) is 5.91 Å². The summed E-state index contributed by atoms with van der Waals surface area (Å²) in [5, 5.41) is 3.13. The molecule has 26 heavy (non-hydrogen) atoms. The number of carbonyl (C=O) groups excluding carboxylic acids is 1. The summed E-state index contributed by atoms with van der Waals surface area (Å²) in [6.07, 6.45) is 3.85. The predicted molar refractivity (Wildman–Crippen MR) is 106 cm³/mol. The molecule has 4 heteroatoms. The maximum absolute atomic E-state index is 12.8. The fraction of sp³-hybridized carbons (Fsp3) is 0.364. The molecule has 3 rings (SSSR count). The van der Waals surface area contributed by atoms with Crippen molar-refractivity contribution in [3.63, 3.8) is 0 Å². The monoisotopic (exact) mass is 349 g/mol. The largest absolute Gasteiger partial charge is 0.350 e. The van der Waals surface area contributed by atoms with Crippen LogP contribution in [-0.2, 0) is 6.42 Å². The minimum Gasteiger partial charge on any atom is -0.350 e. The second kappa shape index (κ2) is 8.17. The van der Waals surface area contributed by atoms with Crippen LogP contribution in [0.4, 0.5) is 0 Å². The van der Waals surface area contributed by atoms with Gasteiger partial charge < -0.3 is 5.32 Å². The van der Waals surface area contributed by atoms with Gasteiger partial charge in [-0.1, -0.05) is 57.2 Å². The van der Waals surface area contributed by atoms with Crippen molar-refractivity contribution < 1.29 is 4.79 Å². The van der Waals surface area contributed by atoms with E-state index < -0.39 is 0 Å². The van der Waals surface area contributed by atoms with Crippen molar-refractivity contribution >= 4 is 11.6 Å². The molecule has 0 radical (unpaired) electrons. The van der Waals surface area contributed by atoms with Crippen molar-refractivity contribution in [2.45, 2.75) is 39.5 Å². The lowest BCUT2D eigenvalue weighted by atomic mass is 9.90. The minimum absolute atomic E-state index is 0.0552. The van der Waals surface area contributed by atoms with Gasteiger partial charge in [0, 0.05) is 18.7 Å². The van der Waals surface area contributed by atoms with Crippen LogP contribution in [0, 0.1) is 5.92 Å². The lowest BCUT2D eigenvalue weighted by molar-refractivity contribution is 0.0943. The second-order valence-corrected chi connectivity index (χ2v) is 7.17. The van der Waals surface area contributed by atoms with Crippen LogP contribution >= 0.6 is 0 Å². The summed E-state index contributed by atoms with van der Waals surface area (Å²) < 4.78 is 1.88. The Balaban J connectivity index is 1.77. The van der Waals surface area contributed by atoms with E-state index in [1.165, 1.54) is 5.56 Å². The number of nitrogens with zero attached hydrogens (tertiary/aromatic N) is 2. The van der Waals surface area contributed by atoms with Crippen LogP contribution in [-0.4, -0.2) is 21.8 Å². The summed E-state index contributed by atoms with van der Waals surface area (Å²) in [4.78, 5) is 17.4. The van der Waals surface area contributed by atoms with E-state index in [2.05, 4.69) is 55.3 Å². The third-order valence-electron chi connectivity index (χ3n) is 4.67. The maximum atomic E-state index is 12.8. The molecule has 1 unspecified atom stereocenters. The van der Waals surface area contributed by atoms with E-state index in [4.69, 9.17) is 0 Å². The number of hydrogen-bond donors (Lipinski definition) is 1. The first-order chi connectivity index (χ1) is 12.6. The maximum Gasteiger partial charge on any atom is 0.268 e. The number of benzene rings is 1. The number of pyridine rings is 1. The van der Waals surface area contributed by atoms with Gasteiger partial charge in [-0.05, 0) is 36.5 Å². The number of hydrogen-bond acceptors (Lipinski definition) is 2. The van der Waals surface area contributed by atoms with Gasteiger partial charge in [-0.25, -0.2) is 4.98 Å². The molecule has 3 aromatic rings. The average molecular weight is 349 g/mol. The number of nitrogens with one attached hydrogen (secondary N) is 1. The van der Waals surface area contributed by atoms with E-state index in [0.29, 0.717) is 24.1 Å². The number of aromatic nitrogens is 2. The van der Waals surface area contributed by atoms with Gasteiger partial charge in [0.1, 0.15) is 11.3 Å². The first kappa shape index (κ1) is 18.2. The third-order valence-corrected chi connectivity index (χ3v) is 4.67. The SMILES string of the molecule is CCc1cn2c(C(=O)NCC(CC(C)C)c3ccccc3)cccc2n1. The Hall–Kier alpha value is -2.62. The molecule has 0 aliphatic heterocycles. The molecule has 0 spiro atoms. The Morgan fingerprint density at radius 3 is 2.58 bits per heavy atom. The molecular weight excluding hydrogens is 322 g/mol. The second-order valence-electron chi connectivity index (χ2n) is 7.17. The topological polar surface area (TPSA) is 46.4 Å². The van der Waals surface area contributed by atoms with Crippen molar-refractivity contribution in [1.29, 1.82) is 0 Å². The number of rotatable bonds is 7. The van der Waals surface area contributed by atoms with E-state index in [-0.39, 0.29) is 5.91 Å². The molecule has 0 aliphatic rings. The molecule has 1 N–H and O–H groups in total. The highest BCUT2D eigenvalue weighted by Crippen LogP contribution is 2.23. The number of fused-ring (bicyclic) bond motifs is 1. The van der Waals surface area contributed by atoms with Crippen molar-refractivity contribution in [3.8, 4) is 0 Å². The smallest absolute Gasteiger partial charge is 0.268 e. The molecule has 4 nitrogen and oxygen atoms in total. The molecule has 0 saturated carbocycles. The standard InChI is InChI=1S/C22H27N3O/c1-4-19-15-25-20(11-8-12-21(25)24-19)22(26)23-14-18(13-16(2)3)17-9-6-5-7-10-17/h5-12,15-16,18H,4,13-14H2,1-3H3,(H,23,26). The highest BCUT2D eigenvalue weighted by Gasteiger charge is 2.17. The Morgan fingerprint density at radius 2 is 1.88 bits per heavy atom. The Labute approximate surface area is 155 Å². The van der Waals surface area contributed by atoms with Gasteiger partial charge in [-0.15, -0.1) is 0 Å². The fourth-order valence-electron chi connectivity index (χ4n) is 3.35. The van der Waals surface area contributed by atoms with Crippen LogP contribution in [0.1, 0.15) is 54.9 Å². The molecule has 2 heterocycles. The van der Waals surface area contributed by atoms with Crippen LogP contribution in [0.3, 0.4) is 0 Å². The van der Waals surface area contributed by atoms with Crippen LogP contribution in [0.15, 0.2) is 54.7 Å². The molecule has 136 valence electrons. The van der Waals surface area contributed by atoms with Crippen molar-refractivity contribution in [2.75, 3.05) is 6.54 Å². The Bertz CT molecular complexity index is 867. The number of carbonyl (C=O) groups is 1. The van der Waals surface area contributed by atoms with Gasteiger partial charge in [-0.3, -0.25) is 9.20 Å². The third kappa shape index (κ3) is 4.13. The van der Waals surface area contributed by atoms with E-state index in [1.54, 1.807) is 0 Å². The van der Waals surface area contributed by atoms with Gasteiger partial charge in [0.15, 0.2) is 0 Å². The van der Waals surface area contributed by atoms with E-state index >= 15 is 0 Å². The first-order valence-electron chi connectivity index (χ1n) is 9.38. The summed E-state index contributed by atoms with van der Waals surface area (Å²) in [6, 6.07) is 16.1. The van der Waals surface area contributed by atoms with Crippen LogP contribution in [0.2, 0.25) is 0 Å². The molecule has 0 aliphatic carbocycles. The lowest BCUT2D eigenvalue weighted by Gasteiger charge is -2.20. The highest BCUT2D eigenvalue weighted by molar-refractivity contribution is 5.93. The van der Waals surface area contributed by atoms with Gasteiger partial charge in [0.2, 0.25) is 0 Å². The molecular formula is C22H27N3O. The van der Waals surface area contributed by atoms with Crippen LogP contribution in [0.25, 0.3) is 5.65 Å². The zero-order valence-electron chi connectivity index (χ0n) is 15.8. The molecule has 0 bridgehead atoms. The molecule has 1 aromatic carbocycles. The Kier molecular flexibility index (Phi) is 5.71. The fourth-order valence-corrected chi connectivity index (χ4v) is 3.35. The highest BCUT2D eigenvalue weighted by atomic mass is 16.1. The summed E-state index contributed by atoms with van der Waals surface area (Å²) in [6.45, 7) is 7.14. The quantitative estimate of drug-likeness (QED) is 0.685. The van der Waals surface area contributed by atoms with Crippen molar-refractivity contribution in [2.24, 2.45) is 5.92 Å². The van der Waals surface area contributed by atoms with Crippen molar-refractivity contribution in [3.05, 3.63) is 71.7 Å². The summed E-state index contributed by atoms with van der Waals surface area (Å²) in [5.74, 6) is 0.829. The van der Waals surface area contributed by atoms with Gasteiger partial charge in [0.05, 0.1) is 5.69 Å². The number of imidazole rings is 1. The van der Waals surface area contributed by atoms with Crippen molar-refractivity contribution in [1.82, 2.24) is 14.7 Å². The zero-order valence-corrected chi connectivity index (χ0v) is 15.8. The predicted octanol–water partition coefficient (Wildman–Crippen LogP) is 4.46. The molecule has 2 aromatic heterocycles. The van der Waals surface area contributed by atoms with Gasteiger partial charge >= 0.3 is 0 Å². The first-order valence-corrected chi connectivity index (χ1v) is 9.38. The summed E-state index contributed by atoms with van der Waals surface area (Å²) >= 11 is 0. The van der Waals surface area contributed by atoms with Crippen LogP contribution < -0.4 is 5.32 Å². The molecule has 1 amide bonds. The Morgan fingerprint density at radius 1 is 1.12 bits per heavy atom. The van der Waals surface area contributed by atoms with Crippen LogP contribution in [0.5, 0.6) is 0 Å². The molecule has 0 saturated heterocycles. The number of aryl methyl sites for hydroxylation is 1. The van der Waals surface area contributed by atoms with E-state index in [9.17, 15) is 4.79 Å². The summed E-state index contributed by atoms with van der Waals surface area (Å²) in [7, 11) is 0. The molecule has 0 fully saturated rings. The average Bonchev–Trinajstić information content (AvgIpc) is 3.08.